The highest BCUT2D eigenvalue weighted by atomic mass is 79.9. The van der Waals surface area contributed by atoms with Gasteiger partial charge in [0.2, 0.25) is 0 Å². The molecule has 0 aromatic heterocycles. The molecule has 7 heteroatoms. The first-order chi connectivity index (χ1) is 14.6. The van der Waals surface area contributed by atoms with E-state index in [-0.39, 0.29) is 18.3 Å². The highest BCUT2D eigenvalue weighted by Crippen LogP contribution is 2.35. The molecule has 0 unspecified atom stereocenters. The summed E-state index contributed by atoms with van der Waals surface area (Å²) in [6.07, 6.45) is 1.46. The maximum absolute atomic E-state index is 12.0. The lowest BCUT2D eigenvalue weighted by Crippen LogP contribution is -2.24. The van der Waals surface area contributed by atoms with Crippen molar-refractivity contribution in [1.29, 1.82) is 0 Å². The lowest BCUT2D eigenvalue weighted by molar-refractivity contribution is -0.123. The van der Waals surface area contributed by atoms with Gasteiger partial charge in [0.05, 0.1) is 17.3 Å². The topological polar surface area (TPSA) is 80.2 Å². The first-order valence-corrected chi connectivity index (χ1v) is 10.1. The van der Waals surface area contributed by atoms with Crippen molar-refractivity contribution < 1.29 is 19.4 Å². The number of halogens is 1. The highest BCUT2D eigenvalue weighted by Gasteiger charge is 2.08. The summed E-state index contributed by atoms with van der Waals surface area (Å²) in [4.78, 5) is 12.0. The van der Waals surface area contributed by atoms with Crippen LogP contribution in [0, 0.1) is 0 Å². The van der Waals surface area contributed by atoms with Crippen molar-refractivity contribution in [2.75, 3.05) is 13.2 Å². The van der Waals surface area contributed by atoms with Crippen LogP contribution in [0.2, 0.25) is 0 Å². The van der Waals surface area contributed by atoms with Crippen LogP contribution in [0.4, 0.5) is 0 Å². The quantitative estimate of drug-likeness (QED) is 0.369. The Hall–Kier alpha value is -3.32. The summed E-state index contributed by atoms with van der Waals surface area (Å²) in [6, 6.07) is 20.8. The first-order valence-electron chi connectivity index (χ1n) is 9.32. The van der Waals surface area contributed by atoms with Crippen LogP contribution >= 0.6 is 15.9 Å². The molecular weight excluding hydrogens is 448 g/mol. The lowest BCUT2D eigenvalue weighted by Gasteiger charge is -2.08. The zero-order valence-corrected chi connectivity index (χ0v) is 17.9. The third-order valence-electron chi connectivity index (χ3n) is 4.08. The number of aromatic hydroxyl groups is 1. The predicted molar refractivity (Wildman–Crippen MR) is 120 cm³/mol. The molecule has 6 nitrogen and oxygen atoms in total. The van der Waals surface area contributed by atoms with E-state index in [0.29, 0.717) is 28.1 Å². The molecule has 0 heterocycles. The van der Waals surface area contributed by atoms with E-state index in [1.807, 2.05) is 61.5 Å². The van der Waals surface area contributed by atoms with Crippen LogP contribution in [0.5, 0.6) is 17.2 Å². The normalized spacial score (nSPS) is 10.7. The maximum Gasteiger partial charge on any atom is 0.277 e. The number of hydrogen-bond acceptors (Lipinski definition) is 5. The number of hydrazone groups is 1. The number of carbonyl (C=O) groups excluding carboxylic acids is 1. The minimum atomic E-state index is -0.388. The third-order valence-corrected chi connectivity index (χ3v) is 4.69. The van der Waals surface area contributed by atoms with Gasteiger partial charge in [0.15, 0.2) is 18.1 Å². The fourth-order valence-corrected chi connectivity index (χ4v) is 3.13. The van der Waals surface area contributed by atoms with Gasteiger partial charge in [-0.3, -0.25) is 4.79 Å². The number of benzene rings is 3. The molecule has 0 atom stereocenters. The van der Waals surface area contributed by atoms with Gasteiger partial charge in [-0.15, -0.1) is 0 Å². The van der Waals surface area contributed by atoms with Gasteiger partial charge >= 0.3 is 0 Å². The molecule has 0 spiro atoms. The molecule has 3 rings (SSSR count). The Bertz CT molecular complexity index is 1020. The van der Waals surface area contributed by atoms with Crippen molar-refractivity contribution in [1.82, 2.24) is 5.43 Å². The summed E-state index contributed by atoms with van der Waals surface area (Å²) in [6.45, 7) is 2.08. The summed E-state index contributed by atoms with van der Waals surface area (Å²) < 4.78 is 11.3. The Labute approximate surface area is 183 Å². The molecule has 2 N–H and O–H groups in total. The number of nitrogens with one attached hydrogen (secondary N) is 1. The van der Waals surface area contributed by atoms with E-state index in [1.54, 1.807) is 12.1 Å². The van der Waals surface area contributed by atoms with E-state index in [0.717, 1.165) is 11.1 Å². The second-order valence-corrected chi connectivity index (χ2v) is 7.11. The lowest BCUT2D eigenvalue weighted by atomic mass is 10.1. The monoisotopic (exact) mass is 468 g/mol. The Morgan fingerprint density at radius 3 is 2.47 bits per heavy atom. The summed E-state index contributed by atoms with van der Waals surface area (Å²) in [5.74, 6) is 0.561. The number of ether oxygens (including phenoxy) is 2. The molecule has 0 aliphatic carbocycles. The van der Waals surface area contributed by atoms with Crippen LogP contribution in [-0.2, 0) is 4.79 Å². The summed E-state index contributed by atoms with van der Waals surface area (Å²) in [5, 5.41) is 13.8. The molecule has 0 bridgehead atoms. The smallest absolute Gasteiger partial charge is 0.277 e. The molecule has 0 saturated carbocycles. The van der Waals surface area contributed by atoms with Crippen molar-refractivity contribution in [3.8, 4) is 28.4 Å². The molecule has 0 saturated heterocycles. The van der Waals surface area contributed by atoms with Crippen LogP contribution in [0.15, 0.2) is 76.3 Å². The second-order valence-electron chi connectivity index (χ2n) is 6.25. The van der Waals surface area contributed by atoms with Crippen LogP contribution in [0.3, 0.4) is 0 Å². The Balaban J connectivity index is 1.51. The second kappa shape index (κ2) is 10.5. The van der Waals surface area contributed by atoms with Gasteiger partial charge < -0.3 is 14.6 Å². The van der Waals surface area contributed by atoms with Crippen molar-refractivity contribution in [2.45, 2.75) is 6.92 Å². The van der Waals surface area contributed by atoms with E-state index in [9.17, 15) is 9.90 Å². The highest BCUT2D eigenvalue weighted by molar-refractivity contribution is 9.10. The maximum atomic E-state index is 12.0. The largest absolute Gasteiger partial charge is 0.503 e. The number of hydrogen-bond donors (Lipinski definition) is 2. The molecule has 30 heavy (non-hydrogen) atoms. The number of nitrogens with zero attached hydrogens (tertiary/aromatic N) is 1. The summed E-state index contributed by atoms with van der Waals surface area (Å²) in [5.41, 5.74) is 5.25. The fraction of sp³-hybridized carbons (Fsp3) is 0.130. The van der Waals surface area contributed by atoms with E-state index < -0.39 is 0 Å². The van der Waals surface area contributed by atoms with E-state index in [1.165, 1.54) is 6.21 Å². The summed E-state index contributed by atoms with van der Waals surface area (Å²) in [7, 11) is 0. The van der Waals surface area contributed by atoms with Crippen molar-refractivity contribution >= 4 is 28.1 Å². The molecule has 3 aromatic rings. The van der Waals surface area contributed by atoms with Gasteiger partial charge in [0.25, 0.3) is 5.91 Å². The van der Waals surface area contributed by atoms with Crippen LogP contribution < -0.4 is 14.9 Å². The molecule has 3 aromatic carbocycles. The number of amides is 1. The van der Waals surface area contributed by atoms with E-state index in [2.05, 4.69) is 26.5 Å². The average molecular weight is 469 g/mol. The van der Waals surface area contributed by atoms with Gasteiger partial charge in [-0.25, -0.2) is 5.43 Å². The van der Waals surface area contributed by atoms with Gasteiger partial charge in [0.1, 0.15) is 5.75 Å². The Kier molecular flexibility index (Phi) is 7.45. The Morgan fingerprint density at radius 2 is 1.77 bits per heavy atom. The number of phenolic OH excluding ortho intramolecular Hbond substituents is 1. The molecule has 0 aliphatic rings. The van der Waals surface area contributed by atoms with Gasteiger partial charge in [0, 0.05) is 0 Å². The zero-order chi connectivity index (χ0) is 21.3. The minimum Gasteiger partial charge on any atom is -0.503 e. The van der Waals surface area contributed by atoms with Crippen LogP contribution in [-0.4, -0.2) is 30.4 Å². The first kappa shape index (κ1) is 21.4. The van der Waals surface area contributed by atoms with Gasteiger partial charge in [-0.2, -0.15) is 5.10 Å². The number of rotatable bonds is 8. The molecule has 154 valence electrons. The zero-order valence-electron chi connectivity index (χ0n) is 16.3. The van der Waals surface area contributed by atoms with Crippen molar-refractivity contribution in [2.24, 2.45) is 5.10 Å². The molecule has 0 radical (unpaired) electrons. The molecule has 1 amide bonds. The van der Waals surface area contributed by atoms with Gasteiger partial charge in [-0.1, -0.05) is 42.5 Å². The molecule has 0 aliphatic heterocycles. The minimum absolute atomic E-state index is 0.0183. The van der Waals surface area contributed by atoms with E-state index >= 15 is 0 Å². The average Bonchev–Trinajstić information content (AvgIpc) is 2.77. The number of phenols is 1. The number of carbonyl (C=O) groups is 1. The van der Waals surface area contributed by atoms with Crippen LogP contribution in [0.1, 0.15) is 12.5 Å². The third kappa shape index (κ3) is 5.84. The van der Waals surface area contributed by atoms with Gasteiger partial charge in [-0.05, 0) is 63.8 Å². The standard InChI is InChI=1S/C23H21BrN2O4/c1-2-29-21-13-16(12-20(24)23(21)28)14-25-26-22(27)15-30-19-10-8-18(9-11-19)17-6-4-3-5-7-17/h3-14,28H,2,15H2,1H3,(H,26,27)/b25-14+. The van der Waals surface area contributed by atoms with Crippen molar-refractivity contribution in [3.63, 3.8) is 0 Å². The Morgan fingerprint density at radius 1 is 1.07 bits per heavy atom. The molecular formula is C23H21BrN2O4. The fourth-order valence-electron chi connectivity index (χ4n) is 2.67. The van der Waals surface area contributed by atoms with E-state index in [4.69, 9.17) is 9.47 Å². The SMILES string of the molecule is CCOc1cc(/C=N/NC(=O)COc2ccc(-c3ccccc3)cc2)cc(Br)c1O. The summed E-state index contributed by atoms with van der Waals surface area (Å²) >= 11 is 3.26. The van der Waals surface area contributed by atoms with Crippen molar-refractivity contribution in [3.05, 3.63) is 76.8 Å². The molecule has 0 fully saturated rings. The van der Waals surface area contributed by atoms with Crippen LogP contribution in [0.25, 0.3) is 11.1 Å². The predicted octanol–water partition coefficient (Wildman–Crippen LogP) is 4.75.